The van der Waals surface area contributed by atoms with Crippen molar-refractivity contribution in [3.8, 4) is 0 Å². The molecular formula is C22H26FN5O3. The Bertz CT molecular complexity index is 1070. The number of nitrogens with zero attached hydrogens (tertiary/aromatic N) is 3. The van der Waals surface area contributed by atoms with Gasteiger partial charge in [-0.05, 0) is 44.4 Å². The number of hydrogen-bond acceptors (Lipinski definition) is 4. The van der Waals surface area contributed by atoms with Crippen LogP contribution in [0.1, 0.15) is 48.4 Å². The van der Waals surface area contributed by atoms with Gasteiger partial charge in [0.05, 0.1) is 0 Å². The van der Waals surface area contributed by atoms with Crippen LogP contribution in [0.4, 0.5) is 9.18 Å². The summed E-state index contributed by atoms with van der Waals surface area (Å²) in [6.07, 6.45) is 3.07. The van der Waals surface area contributed by atoms with Gasteiger partial charge in [0.2, 0.25) is 0 Å². The zero-order valence-electron chi connectivity index (χ0n) is 17.7. The van der Waals surface area contributed by atoms with Gasteiger partial charge in [0.1, 0.15) is 17.2 Å². The minimum Gasteiger partial charge on any atom is -0.348 e. The number of benzene rings is 1. The molecule has 4 rings (SSSR count). The van der Waals surface area contributed by atoms with Crippen molar-refractivity contribution >= 4 is 11.9 Å². The Morgan fingerprint density at radius 2 is 1.90 bits per heavy atom. The molecule has 9 heteroatoms. The van der Waals surface area contributed by atoms with Crippen molar-refractivity contribution in [2.75, 3.05) is 13.1 Å². The van der Waals surface area contributed by atoms with Crippen LogP contribution in [-0.4, -0.2) is 45.5 Å². The lowest BCUT2D eigenvalue weighted by Gasteiger charge is -2.24. The average Bonchev–Trinajstić information content (AvgIpc) is 3.31. The van der Waals surface area contributed by atoms with E-state index in [1.807, 2.05) is 18.4 Å². The lowest BCUT2D eigenvalue weighted by molar-refractivity contribution is 0.0948. The number of halogens is 1. The molecule has 1 atom stereocenters. The standard InChI is InChI=1S/C22H26FN5O3/c1-14(2)25-21(31)28-10-8-22(13-28)7-9-27-12-17(19(30)26-20(22)27)18(29)24-11-15-3-5-16(23)6-4-15/h3-6,12,14H,7-11,13H2,1-2H3,(H,24,29)(H,25,31)/t22-/m1/s1. The normalized spacial score (nSPS) is 19.7. The van der Waals surface area contributed by atoms with Crippen molar-refractivity contribution in [1.29, 1.82) is 0 Å². The molecule has 31 heavy (non-hydrogen) atoms. The number of fused-ring (bicyclic) bond motifs is 2. The van der Waals surface area contributed by atoms with E-state index in [4.69, 9.17) is 0 Å². The van der Waals surface area contributed by atoms with E-state index in [0.29, 0.717) is 25.5 Å². The lowest BCUT2D eigenvalue weighted by Crippen LogP contribution is -2.43. The molecule has 1 aromatic heterocycles. The molecule has 0 radical (unpaired) electrons. The third-order valence-corrected chi connectivity index (χ3v) is 5.96. The second-order valence-corrected chi connectivity index (χ2v) is 8.59. The first-order chi connectivity index (χ1) is 14.8. The van der Waals surface area contributed by atoms with Gasteiger partial charge in [0, 0.05) is 43.8 Å². The number of likely N-dealkylation sites (tertiary alicyclic amines) is 1. The minimum absolute atomic E-state index is 0.0182. The maximum absolute atomic E-state index is 13.0. The van der Waals surface area contributed by atoms with E-state index in [1.165, 1.54) is 12.1 Å². The molecule has 1 fully saturated rings. The number of nitrogens with one attached hydrogen (secondary N) is 2. The molecule has 1 saturated heterocycles. The molecule has 2 aromatic rings. The van der Waals surface area contributed by atoms with Gasteiger partial charge in [0.15, 0.2) is 0 Å². The van der Waals surface area contributed by atoms with Crippen LogP contribution in [0.5, 0.6) is 0 Å². The van der Waals surface area contributed by atoms with Crippen LogP contribution in [0.3, 0.4) is 0 Å². The SMILES string of the molecule is CC(C)NC(=O)N1CC[C@]2(CCn3cc(C(=O)NCc4ccc(F)cc4)c(=O)nc32)C1. The molecule has 2 N–H and O–H groups in total. The summed E-state index contributed by atoms with van der Waals surface area (Å²) in [6, 6.07) is 5.74. The molecule has 8 nitrogen and oxygen atoms in total. The first-order valence-corrected chi connectivity index (χ1v) is 10.5. The highest BCUT2D eigenvalue weighted by Gasteiger charge is 2.47. The Kier molecular flexibility index (Phi) is 5.51. The van der Waals surface area contributed by atoms with Crippen LogP contribution in [0, 0.1) is 5.82 Å². The summed E-state index contributed by atoms with van der Waals surface area (Å²) in [4.78, 5) is 43.6. The third kappa shape index (κ3) is 4.17. The second-order valence-electron chi connectivity index (χ2n) is 8.59. The van der Waals surface area contributed by atoms with Crippen molar-refractivity contribution in [2.24, 2.45) is 0 Å². The highest BCUT2D eigenvalue weighted by Crippen LogP contribution is 2.41. The Balaban J connectivity index is 1.49. The maximum Gasteiger partial charge on any atom is 0.317 e. The highest BCUT2D eigenvalue weighted by molar-refractivity contribution is 5.93. The summed E-state index contributed by atoms with van der Waals surface area (Å²) in [7, 11) is 0. The maximum atomic E-state index is 13.0. The molecule has 0 aliphatic carbocycles. The highest BCUT2D eigenvalue weighted by atomic mass is 19.1. The number of amides is 3. The van der Waals surface area contributed by atoms with Gasteiger partial charge in [-0.1, -0.05) is 12.1 Å². The number of aromatic nitrogens is 2. The number of carbonyl (C=O) groups is 2. The van der Waals surface area contributed by atoms with Crippen LogP contribution in [0.15, 0.2) is 35.3 Å². The van der Waals surface area contributed by atoms with Gasteiger partial charge in [-0.3, -0.25) is 9.59 Å². The quantitative estimate of drug-likeness (QED) is 0.777. The van der Waals surface area contributed by atoms with Crippen molar-refractivity contribution in [3.63, 3.8) is 0 Å². The second kappa shape index (κ2) is 8.13. The molecule has 3 heterocycles. The molecule has 164 valence electrons. The summed E-state index contributed by atoms with van der Waals surface area (Å²) in [6.45, 7) is 5.77. The van der Waals surface area contributed by atoms with E-state index in [9.17, 15) is 18.8 Å². The van der Waals surface area contributed by atoms with E-state index in [1.54, 1.807) is 23.2 Å². The Hall–Kier alpha value is -3.23. The van der Waals surface area contributed by atoms with Crippen molar-refractivity contribution in [3.05, 3.63) is 63.6 Å². The van der Waals surface area contributed by atoms with E-state index in [2.05, 4.69) is 15.6 Å². The van der Waals surface area contributed by atoms with Crippen LogP contribution in [0.25, 0.3) is 0 Å². The molecule has 2 aliphatic rings. The van der Waals surface area contributed by atoms with Gasteiger partial charge in [-0.15, -0.1) is 0 Å². The Labute approximate surface area is 179 Å². The zero-order valence-corrected chi connectivity index (χ0v) is 17.7. The van der Waals surface area contributed by atoms with Gasteiger partial charge >= 0.3 is 6.03 Å². The molecule has 0 unspecified atom stereocenters. The van der Waals surface area contributed by atoms with E-state index in [-0.39, 0.29) is 35.4 Å². The van der Waals surface area contributed by atoms with Crippen LogP contribution >= 0.6 is 0 Å². The van der Waals surface area contributed by atoms with Crippen LogP contribution in [0.2, 0.25) is 0 Å². The fraction of sp³-hybridized carbons (Fsp3) is 0.455. The smallest absolute Gasteiger partial charge is 0.317 e. The third-order valence-electron chi connectivity index (χ3n) is 5.96. The van der Waals surface area contributed by atoms with Crippen molar-refractivity contribution in [1.82, 2.24) is 25.1 Å². The summed E-state index contributed by atoms with van der Waals surface area (Å²) >= 11 is 0. The molecule has 0 bridgehead atoms. The number of rotatable bonds is 4. The molecule has 1 aromatic carbocycles. The molecule has 0 saturated carbocycles. The van der Waals surface area contributed by atoms with Crippen LogP contribution < -0.4 is 16.2 Å². The van der Waals surface area contributed by atoms with Gasteiger partial charge in [0.25, 0.3) is 11.5 Å². The predicted molar refractivity (Wildman–Crippen MR) is 112 cm³/mol. The number of hydrogen-bond donors (Lipinski definition) is 2. The largest absolute Gasteiger partial charge is 0.348 e. The van der Waals surface area contributed by atoms with Crippen molar-refractivity contribution in [2.45, 2.75) is 51.2 Å². The first-order valence-electron chi connectivity index (χ1n) is 10.5. The Morgan fingerprint density at radius 1 is 1.19 bits per heavy atom. The monoisotopic (exact) mass is 427 g/mol. The molecule has 1 spiro atoms. The number of aryl methyl sites for hydroxylation is 1. The molecular weight excluding hydrogens is 401 g/mol. The minimum atomic E-state index is -0.575. The van der Waals surface area contributed by atoms with E-state index >= 15 is 0 Å². The predicted octanol–water partition coefficient (Wildman–Crippen LogP) is 1.78. The Morgan fingerprint density at radius 3 is 2.61 bits per heavy atom. The lowest BCUT2D eigenvalue weighted by atomic mass is 9.85. The molecule has 3 amide bonds. The summed E-state index contributed by atoms with van der Waals surface area (Å²) in [5.74, 6) is -0.216. The fourth-order valence-corrected chi connectivity index (χ4v) is 4.34. The van der Waals surface area contributed by atoms with Crippen LogP contribution in [-0.2, 0) is 18.5 Å². The number of urea groups is 1. The van der Waals surface area contributed by atoms with Gasteiger partial charge in [-0.2, -0.15) is 4.98 Å². The van der Waals surface area contributed by atoms with E-state index < -0.39 is 11.5 Å². The number of carbonyl (C=O) groups excluding carboxylic acids is 2. The average molecular weight is 427 g/mol. The topological polar surface area (TPSA) is 96.3 Å². The first kappa shape index (κ1) is 21.0. The summed E-state index contributed by atoms with van der Waals surface area (Å²) in [5, 5.41) is 5.60. The van der Waals surface area contributed by atoms with E-state index in [0.717, 1.165) is 18.4 Å². The van der Waals surface area contributed by atoms with Gasteiger partial charge in [-0.25, -0.2) is 9.18 Å². The summed E-state index contributed by atoms with van der Waals surface area (Å²) in [5.41, 5.74) is -0.213. The summed E-state index contributed by atoms with van der Waals surface area (Å²) < 4.78 is 14.9. The van der Waals surface area contributed by atoms with Crippen molar-refractivity contribution < 1.29 is 14.0 Å². The zero-order chi connectivity index (χ0) is 22.2. The molecule has 2 aliphatic heterocycles. The fourth-order valence-electron chi connectivity index (χ4n) is 4.34. The van der Waals surface area contributed by atoms with Gasteiger partial charge < -0.3 is 20.1 Å².